The molecular weight excluding hydrogens is 375 g/mol. The topological polar surface area (TPSA) is 93.7 Å². The summed E-state index contributed by atoms with van der Waals surface area (Å²) in [6, 6.07) is 10.7. The summed E-state index contributed by atoms with van der Waals surface area (Å²) in [7, 11) is -2.19. The van der Waals surface area contributed by atoms with Gasteiger partial charge in [0.05, 0.1) is 11.5 Å². The fraction of sp³-hybridized carbons (Fsp3) is 0.278. The van der Waals surface area contributed by atoms with Crippen molar-refractivity contribution in [2.45, 2.75) is 17.9 Å². The van der Waals surface area contributed by atoms with E-state index in [1.165, 1.54) is 55.6 Å². The summed E-state index contributed by atoms with van der Waals surface area (Å²) < 4.78 is 49.9. The van der Waals surface area contributed by atoms with Gasteiger partial charge in [-0.3, -0.25) is 4.79 Å². The highest BCUT2D eigenvalue weighted by Gasteiger charge is 2.17. The average molecular weight is 396 g/mol. The number of methoxy groups -OCH3 is 1. The number of ether oxygens (including phenoxy) is 2. The number of halogens is 1. The van der Waals surface area contributed by atoms with Gasteiger partial charge in [0, 0.05) is 18.8 Å². The predicted octanol–water partition coefficient (Wildman–Crippen LogP) is 2.16. The van der Waals surface area contributed by atoms with Crippen molar-refractivity contribution in [1.82, 2.24) is 4.72 Å². The molecule has 0 aromatic heterocycles. The lowest BCUT2D eigenvalue weighted by atomic mass is 10.3. The van der Waals surface area contributed by atoms with Crippen molar-refractivity contribution in [2.24, 2.45) is 0 Å². The summed E-state index contributed by atoms with van der Waals surface area (Å²) in [4.78, 5) is 12.0. The van der Waals surface area contributed by atoms with Crippen LogP contribution in [-0.2, 0) is 19.6 Å². The lowest BCUT2D eigenvalue weighted by Gasteiger charge is -2.13. The predicted molar refractivity (Wildman–Crippen MR) is 98.6 cm³/mol. The molecule has 146 valence electrons. The maximum Gasteiger partial charge on any atom is 0.262 e. The van der Waals surface area contributed by atoms with Gasteiger partial charge < -0.3 is 14.8 Å². The van der Waals surface area contributed by atoms with Gasteiger partial charge in [-0.05, 0) is 55.5 Å². The largest absolute Gasteiger partial charge is 0.484 e. The van der Waals surface area contributed by atoms with Crippen molar-refractivity contribution in [3.8, 4) is 5.75 Å². The van der Waals surface area contributed by atoms with E-state index in [0.29, 0.717) is 11.4 Å². The van der Waals surface area contributed by atoms with E-state index in [9.17, 15) is 17.6 Å². The van der Waals surface area contributed by atoms with Gasteiger partial charge in [0.25, 0.3) is 5.91 Å². The number of benzene rings is 2. The molecule has 0 saturated heterocycles. The van der Waals surface area contributed by atoms with Crippen molar-refractivity contribution in [2.75, 3.05) is 25.6 Å². The Morgan fingerprint density at radius 1 is 1.11 bits per heavy atom. The molecular formula is C18H21FN2O5S. The number of rotatable bonds is 9. The van der Waals surface area contributed by atoms with Gasteiger partial charge in [-0.1, -0.05) is 0 Å². The van der Waals surface area contributed by atoms with Crippen LogP contribution in [0.25, 0.3) is 0 Å². The van der Waals surface area contributed by atoms with E-state index in [4.69, 9.17) is 9.47 Å². The van der Waals surface area contributed by atoms with Crippen molar-refractivity contribution in [3.63, 3.8) is 0 Å². The van der Waals surface area contributed by atoms with Crippen LogP contribution in [0.1, 0.15) is 6.92 Å². The molecule has 0 spiro atoms. The zero-order valence-electron chi connectivity index (χ0n) is 14.9. The number of sulfonamides is 1. The first-order valence-electron chi connectivity index (χ1n) is 8.09. The molecule has 1 unspecified atom stereocenters. The van der Waals surface area contributed by atoms with Gasteiger partial charge in [-0.2, -0.15) is 0 Å². The molecule has 2 aromatic carbocycles. The van der Waals surface area contributed by atoms with Crippen molar-refractivity contribution < 1.29 is 27.1 Å². The Labute approximate surface area is 157 Å². The lowest BCUT2D eigenvalue weighted by molar-refractivity contribution is -0.118. The minimum absolute atomic E-state index is 0.0750. The number of amides is 1. The minimum atomic E-state index is -3.67. The van der Waals surface area contributed by atoms with Crippen LogP contribution in [0, 0.1) is 5.82 Å². The van der Waals surface area contributed by atoms with E-state index < -0.39 is 21.7 Å². The number of hydrogen-bond donors (Lipinski definition) is 2. The Bertz CT molecular complexity index is 854. The Balaban J connectivity index is 1.90. The summed E-state index contributed by atoms with van der Waals surface area (Å²) >= 11 is 0. The van der Waals surface area contributed by atoms with Crippen LogP contribution in [0.4, 0.5) is 10.1 Å². The third kappa shape index (κ3) is 6.63. The van der Waals surface area contributed by atoms with Crippen LogP contribution in [0.5, 0.6) is 5.75 Å². The normalized spacial score (nSPS) is 12.4. The second-order valence-electron chi connectivity index (χ2n) is 5.79. The molecule has 9 heteroatoms. The van der Waals surface area contributed by atoms with Crippen molar-refractivity contribution >= 4 is 21.6 Å². The number of nitrogens with one attached hydrogen (secondary N) is 2. The Hall–Kier alpha value is -2.49. The van der Waals surface area contributed by atoms with Gasteiger partial charge in [0.15, 0.2) is 6.61 Å². The fourth-order valence-electron chi connectivity index (χ4n) is 2.21. The summed E-state index contributed by atoms with van der Waals surface area (Å²) in [6.07, 6.45) is 0. The highest BCUT2D eigenvalue weighted by molar-refractivity contribution is 7.89. The first kappa shape index (κ1) is 20.8. The molecule has 0 aliphatic carbocycles. The fourth-order valence-corrected chi connectivity index (χ4v) is 3.44. The molecule has 0 aliphatic rings. The van der Waals surface area contributed by atoms with E-state index in [1.807, 2.05) is 0 Å². The smallest absolute Gasteiger partial charge is 0.262 e. The third-order valence-corrected chi connectivity index (χ3v) is 5.01. The Kier molecular flexibility index (Phi) is 7.28. The molecule has 0 aliphatic heterocycles. The van der Waals surface area contributed by atoms with E-state index in [0.717, 1.165) is 0 Å². The van der Waals surface area contributed by atoms with E-state index in [-0.39, 0.29) is 24.2 Å². The molecule has 0 saturated carbocycles. The van der Waals surface area contributed by atoms with E-state index >= 15 is 0 Å². The molecule has 27 heavy (non-hydrogen) atoms. The van der Waals surface area contributed by atoms with Crippen molar-refractivity contribution in [3.05, 3.63) is 54.3 Å². The highest BCUT2D eigenvalue weighted by atomic mass is 32.2. The molecule has 2 N–H and O–H groups in total. The first-order chi connectivity index (χ1) is 12.8. The van der Waals surface area contributed by atoms with Crippen LogP contribution >= 0.6 is 0 Å². The minimum Gasteiger partial charge on any atom is -0.484 e. The van der Waals surface area contributed by atoms with Gasteiger partial charge in [-0.15, -0.1) is 0 Å². The summed E-state index contributed by atoms with van der Waals surface area (Å²) in [6.45, 7) is 1.68. The van der Waals surface area contributed by atoms with Crippen molar-refractivity contribution in [1.29, 1.82) is 0 Å². The standard InChI is InChI=1S/C18H21FN2O5S/c1-13(11-25-2)21-27(23,24)17-9-5-15(6-10-17)20-18(22)12-26-16-7-3-14(19)4-8-16/h3-10,13,21H,11-12H2,1-2H3,(H,20,22). The van der Waals surface area contributed by atoms with Crippen LogP contribution in [0.15, 0.2) is 53.4 Å². The first-order valence-corrected chi connectivity index (χ1v) is 9.58. The van der Waals surface area contributed by atoms with Gasteiger partial charge >= 0.3 is 0 Å². The van der Waals surface area contributed by atoms with Gasteiger partial charge in [0.2, 0.25) is 10.0 Å². The van der Waals surface area contributed by atoms with Crippen LogP contribution < -0.4 is 14.8 Å². The molecule has 2 aromatic rings. The van der Waals surface area contributed by atoms with Gasteiger partial charge in [-0.25, -0.2) is 17.5 Å². The highest BCUT2D eigenvalue weighted by Crippen LogP contribution is 2.15. The molecule has 0 fully saturated rings. The molecule has 0 bridgehead atoms. The molecule has 1 atom stereocenters. The van der Waals surface area contributed by atoms with Crippen LogP contribution in [-0.4, -0.2) is 40.7 Å². The zero-order chi connectivity index (χ0) is 19.9. The SMILES string of the molecule is COCC(C)NS(=O)(=O)c1ccc(NC(=O)COc2ccc(F)cc2)cc1. The zero-order valence-corrected chi connectivity index (χ0v) is 15.8. The molecule has 1 amide bonds. The number of carbonyl (C=O) groups excluding carboxylic acids is 1. The second-order valence-corrected chi connectivity index (χ2v) is 7.51. The summed E-state index contributed by atoms with van der Waals surface area (Å²) in [5, 5.41) is 2.59. The number of anilines is 1. The monoisotopic (exact) mass is 396 g/mol. The van der Waals surface area contributed by atoms with Gasteiger partial charge in [0.1, 0.15) is 11.6 Å². The summed E-state index contributed by atoms with van der Waals surface area (Å²) in [5.41, 5.74) is 0.423. The maximum atomic E-state index is 12.8. The molecule has 0 heterocycles. The Morgan fingerprint density at radius 3 is 2.33 bits per heavy atom. The maximum absolute atomic E-state index is 12.8. The molecule has 7 nitrogen and oxygen atoms in total. The van der Waals surface area contributed by atoms with Crippen LogP contribution in [0.3, 0.4) is 0 Å². The summed E-state index contributed by atoms with van der Waals surface area (Å²) in [5.74, 6) is -0.459. The van der Waals surface area contributed by atoms with Crippen LogP contribution in [0.2, 0.25) is 0 Å². The number of carbonyl (C=O) groups is 1. The molecule has 2 rings (SSSR count). The second kappa shape index (κ2) is 9.45. The lowest BCUT2D eigenvalue weighted by Crippen LogP contribution is -2.35. The third-order valence-electron chi connectivity index (χ3n) is 3.40. The quantitative estimate of drug-likeness (QED) is 0.677. The number of hydrogen-bond acceptors (Lipinski definition) is 5. The average Bonchev–Trinajstić information content (AvgIpc) is 2.61. The van der Waals surface area contributed by atoms with E-state index in [1.54, 1.807) is 6.92 Å². The van der Waals surface area contributed by atoms with E-state index in [2.05, 4.69) is 10.0 Å². The Morgan fingerprint density at radius 2 is 1.74 bits per heavy atom. The molecule has 0 radical (unpaired) electrons.